The third kappa shape index (κ3) is 6.72. The number of hydrogen-bond donors (Lipinski definition) is 0. The Kier molecular flexibility index (Phi) is 7.81. The highest BCUT2D eigenvalue weighted by molar-refractivity contribution is 5.57. The summed E-state index contributed by atoms with van der Waals surface area (Å²) in [5.74, 6) is 26.1. The van der Waals surface area contributed by atoms with Crippen LogP contribution in [0.3, 0.4) is 0 Å². The first kappa shape index (κ1) is 24.1. The Labute approximate surface area is 225 Å². The van der Waals surface area contributed by atoms with Crippen molar-refractivity contribution in [1.29, 1.82) is 0 Å². The monoisotopic (exact) mass is 478 g/mol. The van der Waals surface area contributed by atoms with Gasteiger partial charge in [-0.15, -0.1) is 0 Å². The molecule has 0 fully saturated rings. The molecule has 0 radical (unpaired) electrons. The van der Waals surface area contributed by atoms with Gasteiger partial charge >= 0.3 is 0 Å². The average molecular weight is 479 g/mol. The van der Waals surface area contributed by atoms with Crippen LogP contribution in [0.2, 0.25) is 0 Å². The van der Waals surface area contributed by atoms with Crippen LogP contribution < -0.4 is 0 Å². The van der Waals surface area contributed by atoms with Crippen molar-refractivity contribution in [2.24, 2.45) is 0 Å². The molecule has 0 atom stereocenters. The third-order valence-electron chi connectivity index (χ3n) is 5.63. The van der Waals surface area contributed by atoms with Gasteiger partial charge in [-0.25, -0.2) is 0 Å². The van der Waals surface area contributed by atoms with E-state index in [1.165, 1.54) is 0 Å². The summed E-state index contributed by atoms with van der Waals surface area (Å²) in [5, 5.41) is 0. The lowest BCUT2D eigenvalue weighted by molar-refractivity contribution is 1.56. The van der Waals surface area contributed by atoms with E-state index >= 15 is 0 Å². The Hall–Kier alpha value is -5.66. The van der Waals surface area contributed by atoms with Crippen molar-refractivity contribution in [3.8, 4) is 47.4 Å². The summed E-state index contributed by atoms with van der Waals surface area (Å²) in [7, 11) is 0. The lowest BCUT2D eigenvalue weighted by atomic mass is 10.1. The van der Waals surface area contributed by atoms with Crippen LogP contribution >= 0.6 is 0 Å². The summed E-state index contributed by atoms with van der Waals surface area (Å²) in [6.45, 7) is 0. The molecule has 0 unspecified atom stereocenters. The molecule has 5 aromatic carbocycles. The van der Waals surface area contributed by atoms with E-state index in [2.05, 4.69) is 47.4 Å². The van der Waals surface area contributed by atoms with Gasteiger partial charge in [0.1, 0.15) is 0 Å². The van der Waals surface area contributed by atoms with Gasteiger partial charge in [-0.2, -0.15) is 0 Å². The molecule has 0 aliphatic carbocycles. The van der Waals surface area contributed by atoms with Crippen molar-refractivity contribution in [3.63, 3.8) is 0 Å². The average Bonchev–Trinajstić information content (AvgIpc) is 2.99. The lowest BCUT2D eigenvalue weighted by Gasteiger charge is -1.97. The zero-order valence-corrected chi connectivity index (χ0v) is 20.7. The van der Waals surface area contributed by atoms with Gasteiger partial charge in [-0.05, 0) is 66.7 Å². The molecule has 174 valence electrons. The Morgan fingerprint density at radius 1 is 0.237 bits per heavy atom. The summed E-state index contributed by atoms with van der Waals surface area (Å²) in [6.07, 6.45) is 0. The van der Waals surface area contributed by atoms with Crippen LogP contribution in [0, 0.1) is 47.4 Å². The fourth-order valence-corrected chi connectivity index (χ4v) is 3.68. The molecule has 0 N–H and O–H groups in total. The quantitative estimate of drug-likeness (QED) is 0.205. The van der Waals surface area contributed by atoms with Crippen LogP contribution in [0.5, 0.6) is 0 Å². The second kappa shape index (κ2) is 12.3. The maximum Gasteiger partial charge on any atom is 0.0405 e. The van der Waals surface area contributed by atoms with E-state index in [0.29, 0.717) is 0 Å². The predicted molar refractivity (Wildman–Crippen MR) is 156 cm³/mol. The standard InChI is InChI=1S/C38H22/c1-3-12-31(13-4-1)22-26-35-18-7-9-20-37(35)28-24-33-16-11-17-34(30-33)25-29-38-21-10-8-19-36(38)27-23-32-14-5-2-6-15-32/h1-21,30H. The predicted octanol–water partition coefficient (Wildman–Crippen LogP) is 7.29. The molecule has 38 heavy (non-hydrogen) atoms. The molecule has 0 aliphatic heterocycles. The van der Waals surface area contributed by atoms with E-state index in [-0.39, 0.29) is 0 Å². The molecule has 0 spiro atoms. The van der Waals surface area contributed by atoms with E-state index in [1.807, 2.05) is 133 Å². The van der Waals surface area contributed by atoms with Crippen molar-refractivity contribution in [3.05, 3.63) is 178 Å². The largest absolute Gasteiger partial charge is 0.0622 e. The summed E-state index contributed by atoms with van der Waals surface area (Å²) in [6, 6.07) is 43.9. The Morgan fingerprint density at radius 2 is 0.526 bits per heavy atom. The van der Waals surface area contributed by atoms with Crippen LogP contribution in [0.25, 0.3) is 0 Å². The molecule has 0 heteroatoms. The lowest BCUT2D eigenvalue weighted by Crippen LogP contribution is -1.85. The van der Waals surface area contributed by atoms with E-state index in [4.69, 9.17) is 0 Å². The van der Waals surface area contributed by atoms with Crippen LogP contribution in [0.15, 0.2) is 133 Å². The van der Waals surface area contributed by atoms with Gasteiger partial charge in [0.2, 0.25) is 0 Å². The van der Waals surface area contributed by atoms with Crippen molar-refractivity contribution >= 4 is 0 Å². The molecule has 0 aliphatic rings. The molecule has 0 saturated heterocycles. The zero-order valence-electron chi connectivity index (χ0n) is 20.7. The maximum absolute atomic E-state index is 3.29. The van der Waals surface area contributed by atoms with Gasteiger partial charge < -0.3 is 0 Å². The molecular formula is C38H22. The minimum Gasteiger partial charge on any atom is -0.0622 e. The summed E-state index contributed by atoms with van der Waals surface area (Å²) >= 11 is 0. The minimum atomic E-state index is 0.901. The van der Waals surface area contributed by atoms with Gasteiger partial charge in [0.05, 0.1) is 0 Å². The normalized spacial score (nSPS) is 9.26. The molecule has 0 aromatic heterocycles. The third-order valence-corrected chi connectivity index (χ3v) is 5.63. The van der Waals surface area contributed by atoms with E-state index in [0.717, 1.165) is 44.5 Å². The topological polar surface area (TPSA) is 0 Å². The smallest absolute Gasteiger partial charge is 0.0405 e. The SMILES string of the molecule is C(#Cc1ccccc1C#Cc1cccc(C#Cc2ccccc2C#Cc2ccccc2)c1)c1ccccc1. The molecule has 5 aromatic rings. The van der Waals surface area contributed by atoms with Gasteiger partial charge in [0.15, 0.2) is 0 Å². The van der Waals surface area contributed by atoms with Crippen molar-refractivity contribution in [2.45, 2.75) is 0 Å². The molecule has 0 saturated carbocycles. The number of rotatable bonds is 0. The molecule has 0 amide bonds. The maximum atomic E-state index is 3.29. The summed E-state index contributed by atoms with van der Waals surface area (Å²) in [5.41, 5.74) is 7.39. The number of hydrogen-bond acceptors (Lipinski definition) is 0. The van der Waals surface area contributed by atoms with Crippen LogP contribution in [-0.2, 0) is 0 Å². The summed E-state index contributed by atoms with van der Waals surface area (Å²) in [4.78, 5) is 0. The Morgan fingerprint density at radius 3 is 0.895 bits per heavy atom. The second-order valence-electron chi connectivity index (χ2n) is 8.40. The first-order chi connectivity index (χ1) is 18.8. The molecule has 5 rings (SSSR count). The zero-order chi connectivity index (χ0) is 25.8. The molecule has 0 heterocycles. The number of benzene rings is 5. The van der Waals surface area contributed by atoms with E-state index in [1.54, 1.807) is 0 Å². The fraction of sp³-hybridized carbons (Fsp3) is 0. The highest BCUT2D eigenvalue weighted by Crippen LogP contribution is 2.10. The highest BCUT2D eigenvalue weighted by Gasteiger charge is 1.97. The minimum absolute atomic E-state index is 0.901. The molecule has 0 bridgehead atoms. The van der Waals surface area contributed by atoms with Crippen LogP contribution in [0.1, 0.15) is 44.5 Å². The second-order valence-corrected chi connectivity index (χ2v) is 8.40. The van der Waals surface area contributed by atoms with E-state index in [9.17, 15) is 0 Å². The molecular weight excluding hydrogens is 456 g/mol. The first-order valence-electron chi connectivity index (χ1n) is 12.3. The van der Waals surface area contributed by atoms with Gasteiger partial charge in [0, 0.05) is 44.5 Å². The first-order valence-corrected chi connectivity index (χ1v) is 12.3. The van der Waals surface area contributed by atoms with Gasteiger partial charge in [0.25, 0.3) is 0 Å². The van der Waals surface area contributed by atoms with Crippen molar-refractivity contribution < 1.29 is 0 Å². The van der Waals surface area contributed by atoms with Crippen molar-refractivity contribution in [2.75, 3.05) is 0 Å². The van der Waals surface area contributed by atoms with Crippen molar-refractivity contribution in [1.82, 2.24) is 0 Å². The van der Waals surface area contributed by atoms with E-state index < -0.39 is 0 Å². The Bertz CT molecular complexity index is 1680. The van der Waals surface area contributed by atoms with Gasteiger partial charge in [-0.1, -0.05) is 114 Å². The van der Waals surface area contributed by atoms with Crippen LogP contribution in [0.4, 0.5) is 0 Å². The summed E-state index contributed by atoms with van der Waals surface area (Å²) < 4.78 is 0. The van der Waals surface area contributed by atoms with Gasteiger partial charge in [-0.3, -0.25) is 0 Å². The van der Waals surface area contributed by atoms with Crippen LogP contribution in [-0.4, -0.2) is 0 Å². The Balaban J connectivity index is 1.38. The fourth-order valence-electron chi connectivity index (χ4n) is 3.68. The highest BCUT2D eigenvalue weighted by atomic mass is 14.0. The molecule has 0 nitrogen and oxygen atoms in total.